The van der Waals surface area contributed by atoms with Crippen LogP contribution in [0.4, 0.5) is 5.82 Å². The number of aromatic nitrogens is 1. The fourth-order valence-corrected chi connectivity index (χ4v) is 5.64. The number of methoxy groups -OCH3 is 1. The van der Waals surface area contributed by atoms with Gasteiger partial charge in [-0.25, -0.2) is 14.6 Å². The normalized spacial score (nSPS) is 23.8. The van der Waals surface area contributed by atoms with Gasteiger partial charge in [-0.3, -0.25) is 0 Å². The molecule has 50 heavy (non-hydrogen) atoms. The fraction of sp³-hybridized carbons (Fsp3) is 0.410. The van der Waals surface area contributed by atoms with Gasteiger partial charge in [0.25, 0.3) is 0 Å². The Labute approximate surface area is 293 Å². The van der Waals surface area contributed by atoms with Crippen molar-refractivity contribution in [2.75, 3.05) is 32.4 Å². The summed E-state index contributed by atoms with van der Waals surface area (Å²) in [6.45, 7) is 8.39. The lowest BCUT2D eigenvalue weighted by Gasteiger charge is -2.25. The Bertz CT molecular complexity index is 1630. The summed E-state index contributed by atoms with van der Waals surface area (Å²) in [7, 11) is 1.51. The zero-order valence-corrected chi connectivity index (χ0v) is 29.2. The van der Waals surface area contributed by atoms with Crippen LogP contribution in [0, 0.1) is 5.92 Å². The Hall–Kier alpha value is -4.71. The smallest absolute Gasteiger partial charge is 0.342 e. The molecule has 2 aliphatic rings. The summed E-state index contributed by atoms with van der Waals surface area (Å²) >= 11 is 0. The van der Waals surface area contributed by atoms with E-state index in [0.717, 1.165) is 5.82 Å². The van der Waals surface area contributed by atoms with Crippen molar-refractivity contribution >= 4 is 23.8 Å². The lowest BCUT2D eigenvalue weighted by molar-refractivity contribution is -0.152. The standard InChI is InChI=1S/C39H46N2O9/c1-26-18-19-31(48-37(42)28-13-7-6-8-14-28)36-32(49-39(3,4)50-36)16-11-15-29-23-30(45-22-12-21-41-34-17-9-10-20-40-34)24-33(46-25-44-5)35(29)38(43)47-27(26)2/h6-11,13-15,17-20,23-24,26-27,31-32,36H,12,16,21-22,25H2,1-5H3,(H,40,41)/b15-11?,19-18-/t26-,27+,31?,32+,36?/m1/s1. The molecule has 2 aromatic carbocycles. The topological polar surface area (TPSA) is 124 Å². The second kappa shape index (κ2) is 17.3. The number of hydrogen-bond donors (Lipinski definition) is 1. The van der Waals surface area contributed by atoms with Gasteiger partial charge < -0.3 is 38.5 Å². The Kier molecular flexibility index (Phi) is 12.6. The van der Waals surface area contributed by atoms with E-state index in [2.05, 4.69) is 10.3 Å². The highest BCUT2D eigenvalue weighted by Crippen LogP contribution is 2.36. The summed E-state index contributed by atoms with van der Waals surface area (Å²) in [6.07, 6.45) is 7.81. The molecular weight excluding hydrogens is 640 g/mol. The highest BCUT2D eigenvalue weighted by molar-refractivity contribution is 5.97. The number of carbonyl (C=O) groups is 2. The monoisotopic (exact) mass is 686 g/mol. The molecule has 3 aromatic rings. The van der Waals surface area contributed by atoms with Gasteiger partial charge in [0.1, 0.15) is 41.2 Å². The van der Waals surface area contributed by atoms with E-state index in [9.17, 15) is 9.59 Å². The van der Waals surface area contributed by atoms with Crippen molar-refractivity contribution in [2.45, 2.75) is 70.7 Å². The molecule has 1 saturated heterocycles. The van der Waals surface area contributed by atoms with Gasteiger partial charge in [-0.2, -0.15) is 0 Å². The van der Waals surface area contributed by atoms with E-state index in [-0.39, 0.29) is 24.0 Å². The number of nitrogens with zero attached hydrogens (tertiary/aromatic N) is 1. The first-order chi connectivity index (χ1) is 24.1. The van der Waals surface area contributed by atoms with Crippen LogP contribution in [0.1, 0.15) is 66.8 Å². The third kappa shape index (κ3) is 9.93. The molecule has 2 unspecified atom stereocenters. The van der Waals surface area contributed by atoms with Crippen LogP contribution in [0.3, 0.4) is 0 Å². The van der Waals surface area contributed by atoms with E-state index in [1.165, 1.54) is 7.11 Å². The first-order valence-electron chi connectivity index (χ1n) is 16.9. The summed E-state index contributed by atoms with van der Waals surface area (Å²) < 4.78 is 41.9. The van der Waals surface area contributed by atoms with Crippen molar-refractivity contribution in [3.63, 3.8) is 0 Å². The van der Waals surface area contributed by atoms with Gasteiger partial charge in [0.2, 0.25) is 0 Å². The molecule has 266 valence electrons. The van der Waals surface area contributed by atoms with Gasteiger partial charge in [-0.1, -0.05) is 49.4 Å². The van der Waals surface area contributed by atoms with Crippen molar-refractivity contribution in [1.82, 2.24) is 4.98 Å². The van der Waals surface area contributed by atoms with Gasteiger partial charge >= 0.3 is 11.9 Å². The van der Waals surface area contributed by atoms with Gasteiger partial charge in [-0.15, -0.1) is 0 Å². The molecule has 0 radical (unpaired) electrons. The van der Waals surface area contributed by atoms with Crippen molar-refractivity contribution < 1.29 is 42.7 Å². The van der Waals surface area contributed by atoms with E-state index in [4.69, 9.17) is 33.2 Å². The average molecular weight is 687 g/mol. The molecule has 0 saturated carbocycles. The number of hydrogen-bond acceptors (Lipinski definition) is 11. The van der Waals surface area contributed by atoms with Crippen LogP contribution in [-0.2, 0) is 23.7 Å². The first-order valence-corrected chi connectivity index (χ1v) is 16.9. The number of pyridine rings is 1. The summed E-state index contributed by atoms with van der Waals surface area (Å²) in [5, 5.41) is 3.27. The van der Waals surface area contributed by atoms with Gasteiger partial charge in [0.05, 0.1) is 18.3 Å². The van der Waals surface area contributed by atoms with Crippen molar-refractivity contribution in [3.8, 4) is 11.5 Å². The molecule has 5 rings (SSSR count). The zero-order chi connectivity index (χ0) is 35.5. The van der Waals surface area contributed by atoms with Gasteiger partial charge in [0, 0.05) is 31.8 Å². The van der Waals surface area contributed by atoms with Crippen LogP contribution < -0.4 is 14.8 Å². The highest BCUT2D eigenvalue weighted by atomic mass is 16.8. The Morgan fingerprint density at radius 2 is 1.82 bits per heavy atom. The molecule has 11 heteroatoms. The summed E-state index contributed by atoms with van der Waals surface area (Å²) in [5.41, 5.74) is 1.22. The van der Waals surface area contributed by atoms with Crippen LogP contribution in [0.25, 0.3) is 6.08 Å². The summed E-state index contributed by atoms with van der Waals surface area (Å²) in [4.78, 5) is 31.3. The SMILES string of the molecule is COCOc1cc(OCCCNc2ccccn2)cc2c1C(=O)O[C@@H](C)[C@H](C)/C=C\C(OC(=O)c1ccccc1)C1OC(C)(C)O[C@H]1CC=C2. The minimum absolute atomic E-state index is 0.0807. The summed E-state index contributed by atoms with van der Waals surface area (Å²) in [5.74, 6) is -0.630. The van der Waals surface area contributed by atoms with E-state index in [1.807, 2.05) is 70.2 Å². The lowest BCUT2D eigenvalue weighted by atomic mass is 9.98. The van der Waals surface area contributed by atoms with E-state index in [0.29, 0.717) is 42.9 Å². The van der Waals surface area contributed by atoms with Crippen molar-refractivity contribution in [2.24, 2.45) is 5.92 Å². The second-order valence-electron chi connectivity index (χ2n) is 12.6. The Morgan fingerprint density at radius 1 is 1.02 bits per heavy atom. The van der Waals surface area contributed by atoms with Crippen LogP contribution in [-0.4, -0.2) is 74.2 Å². The number of esters is 2. The number of benzene rings is 2. The summed E-state index contributed by atoms with van der Waals surface area (Å²) in [6, 6.07) is 18.0. The molecule has 11 nitrogen and oxygen atoms in total. The second-order valence-corrected chi connectivity index (χ2v) is 12.6. The molecule has 0 spiro atoms. The lowest BCUT2D eigenvalue weighted by Crippen LogP contribution is -2.37. The number of rotatable bonds is 11. The van der Waals surface area contributed by atoms with Crippen LogP contribution in [0.15, 0.2) is 85.1 Å². The van der Waals surface area contributed by atoms with Crippen LogP contribution in [0.5, 0.6) is 11.5 Å². The third-order valence-corrected chi connectivity index (χ3v) is 8.30. The maximum absolute atomic E-state index is 13.8. The predicted octanol–water partition coefficient (Wildman–Crippen LogP) is 6.85. The molecule has 1 N–H and O–H groups in total. The minimum Gasteiger partial charge on any atom is -0.493 e. The molecule has 0 aliphatic carbocycles. The number of nitrogens with one attached hydrogen (secondary N) is 1. The van der Waals surface area contributed by atoms with E-state index in [1.54, 1.807) is 48.7 Å². The molecule has 5 atom stereocenters. The number of cyclic esters (lactones) is 1. The molecule has 1 aromatic heterocycles. The molecule has 0 bridgehead atoms. The number of ether oxygens (including phenoxy) is 7. The van der Waals surface area contributed by atoms with Crippen molar-refractivity contribution in [1.29, 1.82) is 0 Å². The average Bonchev–Trinajstić information content (AvgIpc) is 3.42. The zero-order valence-electron chi connectivity index (χ0n) is 29.2. The fourth-order valence-electron chi connectivity index (χ4n) is 5.64. The number of anilines is 1. The molecule has 0 amide bonds. The first kappa shape index (κ1) is 36.6. The van der Waals surface area contributed by atoms with Crippen molar-refractivity contribution in [3.05, 3.63) is 102 Å². The van der Waals surface area contributed by atoms with Gasteiger partial charge in [0.15, 0.2) is 12.6 Å². The highest BCUT2D eigenvalue weighted by Gasteiger charge is 2.45. The molecular formula is C39H46N2O9. The molecule has 1 fully saturated rings. The largest absolute Gasteiger partial charge is 0.493 e. The number of fused-ring (bicyclic) bond motifs is 2. The molecule has 2 aliphatic heterocycles. The van der Waals surface area contributed by atoms with E-state index < -0.39 is 42.1 Å². The van der Waals surface area contributed by atoms with Crippen LogP contribution in [0.2, 0.25) is 0 Å². The maximum atomic E-state index is 13.8. The van der Waals surface area contributed by atoms with Gasteiger partial charge in [-0.05, 0) is 75.6 Å². The quantitative estimate of drug-likeness (QED) is 0.0987. The third-order valence-electron chi connectivity index (χ3n) is 8.30. The Morgan fingerprint density at radius 3 is 2.58 bits per heavy atom. The minimum atomic E-state index is -0.925. The van der Waals surface area contributed by atoms with E-state index >= 15 is 0 Å². The maximum Gasteiger partial charge on any atom is 0.342 e. The Balaban J connectivity index is 1.43. The number of carbonyl (C=O) groups excluding carboxylic acids is 2. The predicted molar refractivity (Wildman–Crippen MR) is 188 cm³/mol. The van der Waals surface area contributed by atoms with Crippen LogP contribution >= 0.6 is 0 Å². The molecule has 3 heterocycles.